The first kappa shape index (κ1) is 12.3. The summed E-state index contributed by atoms with van der Waals surface area (Å²) >= 11 is 11.6. The van der Waals surface area contributed by atoms with E-state index in [-0.39, 0.29) is 21.2 Å². The van der Waals surface area contributed by atoms with Crippen LogP contribution in [0.3, 0.4) is 0 Å². The lowest BCUT2D eigenvalue weighted by Crippen LogP contribution is -1.93. The monoisotopic (exact) mass is 276 g/mol. The molecule has 5 heteroatoms. The maximum Gasteiger partial charge on any atom is 0.136 e. The van der Waals surface area contributed by atoms with E-state index in [1.807, 2.05) is 0 Å². The van der Waals surface area contributed by atoms with Crippen LogP contribution in [0.1, 0.15) is 0 Å². The van der Waals surface area contributed by atoms with Crippen molar-refractivity contribution in [3.05, 3.63) is 57.8 Å². The lowest BCUT2D eigenvalue weighted by Gasteiger charge is -2.08. The average molecular weight is 277 g/mol. The van der Waals surface area contributed by atoms with Gasteiger partial charge in [0.15, 0.2) is 0 Å². The molecule has 0 bridgehead atoms. The number of halogens is 5. The summed E-state index contributed by atoms with van der Waals surface area (Å²) in [4.78, 5) is 0. The van der Waals surface area contributed by atoms with Gasteiger partial charge in [0.05, 0.1) is 5.56 Å². The predicted octanol–water partition coefficient (Wildman–Crippen LogP) is 5.08. The van der Waals surface area contributed by atoms with E-state index in [2.05, 4.69) is 0 Å². The second-order valence-electron chi connectivity index (χ2n) is 3.37. The van der Waals surface area contributed by atoms with Gasteiger partial charge in [0, 0.05) is 27.7 Å². The fraction of sp³-hybridized carbons (Fsp3) is 0. The molecule has 0 spiro atoms. The lowest BCUT2D eigenvalue weighted by atomic mass is 10.0. The van der Waals surface area contributed by atoms with Crippen molar-refractivity contribution in [2.75, 3.05) is 0 Å². The van der Waals surface area contributed by atoms with E-state index in [9.17, 15) is 13.2 Å². The standard InChI is InChI=1S/C12H5Cl2F3/c13-6-1-2-9(14)8(3-6)12-10(16)4-7(15)5-11(12)17/h1-5H. The smallest absolute Gasteiger partial charge is 0.136 e. The van der Waals surface area contributed by atoms with Crippen molar-refractivity contribution in [1.29, 1.82) is 0 Å². The Balaban J connectivity index is 2.72. The van der Waals surface area contributed by atoms with Crippen LogP contribution in [0.2, 0.25) is 10.0 Å². The minimum atomic E-state index is -1.02. The highest BCUT2D eigenvalue weighted by molar-refractivity contribution is 6.35. The van der Waals surface area contributed by atoms with Crippen molar-refractivity contribution in [1.82, 2.24) is 0 Å². The maximum absolute atomic E-state index is 13.5. The first-order chi connectivity index (χ1) is 7.99. The number of hydrogen-bond donors (Lipinski definition) is 0. The van der Waals surface area contributed by atoms with Crippen LogP contribution in [0.15, 0.2) is 30.3 Å². The fourth-order valence-electron chi connectivity index (χ4n) is 1.49. The summed E-state index contributed by atoms with van der Waals surface area (Å²) in [7, 11) is 0. The van der Waals surface area contributed by atoms with E-state index in [1.54, 1.807) is 0 Å². The molecule has 0 nitrogen and oxygen atoms in total. The quantitative estimate of drug-likeness (QED) is 0.682. The third-order valence-electron chi connectivity index (χ3n) is 2.20. The highest BCUT2D eigenvalue weighted by atomic mass is 35.5. The van der Waals surface area contributed by atoms with Crippen molar-refractivity contribution in [3.63, 3.8) is 0 Å². The second kappa shape index (κ2) is 4.59. The Morgan fingerprint density at radius 3 is 2.00 bits per heavy atom. The van der Waals surface area contributed by atoms with Gasteiger partial charge < -0.3 is 0 Å². The van der Waals surface area contributed by atoms with E-state index in [0.29, 0.717) is 12.1 Å². The third kappa shape index (κ3) is 2.40. The van der Waals surface area contributed by atoms with Gasteiger partial charge in [-0.2, -0.15) is 0 Å². The maximum atomic E-state index is 13.5. The van der Waals surface area contributed by atoms with Crippen molar-refractivity contribution in [3.8, 4) is 11.1 Å². The zero-order valence-corrected chi connectivity index (χ0v) is 9.79. The van der Waals surface area contributed by atoms with Gasteiger partial charge in [0.2, 0.25) is 0 Å². The van der Waals surface area contributed by atoms with Crippen LogP contribution in [-0.4, -0.2) is 0 Å². The molecule has 2 aromatic rings. The Kier molecular flexibility index (Phi) is 3.31. The molecule has 0 N–H and O–H groups in total. The molecular weight excluding hydrogens is 272 g/mol. The average Bonchev–Trinajstić information content (AvgIpc) is 2.21. The molecule has 0 fully saturated rings. The van der Waals surface area contributed by atoms with Crippen molar-refractivity contribution >= 4 is 23.2 Å². The van der Waals surface area contributed by atoms with Crippen LogP contribution in [0.5, 0.6) is 0 Å². The highest BCUT2D eigenvalue weighted by Gasteiger charge is 2.16. The summed E-state index contributed by atoms with van der Waals surface area (Å²) in [6.07, 6.45) is 0. The summed E-state index contributed by atoms with van der Waals surface area (Å²) in [5, 5.41) is 0.423. The van der Waals surface area contributed by atoms with Gasteiger partial charge in [-0.1, -0.05) is 23.2 Å². The van der Waals surface area contributed by atoms with Crippen molar-refractivity contribution in [2.24, 2.45) is 0 Å². The van der Waals surface area contributed by atoms with Gasteiger partial charge in [0.1, 0.15) is 17.5 Å². The Bertz CT molecular complexity index is 559. The van der Waals surface area contributed by atoms with Crippen molar-refractivity contribution < 1.29 is 13.2 Å². The highest BCUT2D eigenvalue weighted by Crippen LogP contribution is 2.34. The van der Waals surface area contributed by atoms with Gasteiger partial charge in [-0.05, 0) is 18.2 Å². The molecule has 0 aromatic heterocycles. The predicted molar refractivity (Wildman–Crippen MR) is 61.8 cm³/mol. The molecule has 0 heterocycles. The van der Waals surface area contributed by atoms with Gasteiger partial charge in [0.25, 0.3) is 0 Å². The lowest BCUT2D eigenvalue weighted by molar-refractivity contribution is 0.548. The van der Waals surface area contributed by atoms with Crippen LogP contribution in [0.4, 0.5) is 13.2 Å². The van der Waals surface area contributed by atoms with E-state index in [1.165, 1.54) is 18.2 Å². The normalized spacial score (nSPS) is 10.6. The summed E-state index contributed by atoms with van der Waals surface area (Å²) in [6, 6.07) is 5.42. The van der Waals surface area contributed by atoms with Gasteiger partial charge >= 0.3 is 0 Å². The largest absolute Gasteiger partial charge is 0.207 e. The molecule has 0 aliphatic rings. The van der Waals surface area contributed by atoms with Crippen molar-refractivity contribution in [2.45, 2.75) is 0 Å². The van der Waals surface area contributed by atoms with Crippen LogP contribution in [0, 0.1) is 17.5 Å². The molecule has 0 saturated carbocycles. The van der Waals surface area contributed by atoms with Crippen LogP contribution in [-0.2, 0) is 0 Å². The summed E-state index contributed by atoms with van der Waals surface area (Å²) in [5.74, 6) is -3.03. The molecule has 0 saturated heterocycles. The van der Waals surface area contributed by atoms with E-state index in [0.717, 1.165) is 0 Å². The SMILES string of the molecule is Fc1cc(F)c(-c2cc(Cl)ccc2Cl)c(F)c1. The molecule has 17 heavy (non-hydrogen) atoms. The van der Waals surface area contributed by atoms with Gasteiger partial charge in [-0.3, -0.25) is 0 Å². The summed E-state index contributed by atoms with van der Waals surface area (Å²) in [5.41, 5.74) is -0.298. The number of rotatable bonds is 1. The van der Waals surface area contributed by atoms with E-state index < -0.39 is 17.5 Å². The molecule has 2 aromatic carbocycles. The molecule has 88 valence electrons. The zero-order chi connectivity index (χ0) is 12.6. The Morgan fingerprint density at radius 2 is 1.41 bits per heavy atom. The summed E-state index contributed by atoms with van der Waals surface area (Å²) in [6.45, 7) is 0. The molecule has 0 aliphatic heterocycles. The molecule has 2 rings (SSSR count). The van der Waals surface area contributed by atoms with E-state index in [4.69, 9.17) is 23.2 Å². The molecule has 0 unspecified atom stereocenters. The van der Waals surface area contributed by atoms with Crippen LogP contribution < -0.4 is 0 Å². The van der Waals surface area contributed by atoms with Gasteiger partial charge in [-0.25, -0.2) is 13.2 Å². The zero-order valence-electron chi connectivity index (χ0n) is 8.28. The second-order valence-corrected chi connectivity index (χ2v) is 4.21. The van der Waals surface area contributed by atoms with Crippen LogP contribution >= 0.6 is 23.2 Å². The van der Waals surface area contributed by atoms with Gasteiger partial charge in [-0.15, -0.1) is 0 Å². The molecule has 0 aliphatic carbocycles. The first-order valence-corrected chi connectivity index (χ1v) is 5.34. The minimum Gasteiger partial charge on any atom is -0.207 e. The minimum absolute atomic E-state index is 0.0918. The first-order valence-electron chi connectivity index (χ1n) is 4.59. The molecule has 0 atom stereocenters. The van der Waals surface area contributed by atoms with E-state index >= 15 is 0 Å². The topological polar surface area (TPSA) is 0 Å². The Hall–Kier alpha value is -1.19. The Morgan fingerprint density at radius 1 is 0.824 bits per heavy atom. The summed E-state index contributed by atoms with van der Waals surface area (Å²) < 4.78 is 39.8. The molecular formula is C12H5Cl2F3. The fourth-order valence-corrected chi connectivity index (χ4v) is 1.87. The third-order valence-corrected chi connectivity index (χ3v) is 2.77. The Labute approximate surface area is 106 Å². The number of benzene rings is 2. The molecule has 0 radical (unpaired) electrons. The molecule has 0 amide bonds. The van der Waals surface area contributed by atoms with Crippen LogP contribution in [0.25, 0.3) is 11.1 Å². The number of hydrogen-bond acceptors (Lipinski definition) is 0.